The van der Waals surface area contributed by atoms with Crippen molar-refractivity contribution in [1.82, 2.24) is 4.98 Å². The van der Waals surface area contributed by atoms with Crippen LogP contribution >= 0.6 is 0 Å². The third kappa shape index (κ3) is 3.95. The van der Waals surface area contributed by atoms with Crippen molar-refractivity contribution in [2.24, 2.45) is 0 Å². The van der Waals surface area contributed by atoms with Gasteiger partial charge in [0.15, 0.2) is 29.3 Å². The van der Waals surface area contributed by atoms with E-state index < -0.39 is 0 Å². The minimum Gasteiger partial charge on any atom is -0.508 e. The summed E-state index contributed by atoms with van der Waals surface area (Å²) in [6.07, 6.45) is 1.45. The number of oxazole rings is 1. The van der Waals surface area contributed by atoms with Crippen LogP contribution in [0.3, 0.4) is 0 Å². The van der Waals surface area contributed by atoms with Gasteiger partial charge in [-0.15, -0.1) is 0 Å². The van der Waals surface area contributed by atoms with Crippen LogP contribution in [0.25, 0.3) is 11.1 Å². The SMILES string of the molecule is Oc1ccccc1.[AlH3].c1ccc2ocnc2c1. The summed E-state index contributed by atoms with van der Waals surface area (Å²) < 4.78 is 5.01. The van der Waals surface area contributed by atoms with Gasteiger partial charge in [-0.2, -0.15) is 0 Å². The first-order valence-electron chi connectivity index (χ1n) is 4.88. The van der Waals surface area contributed by atoms with Crippen molar-refractivity contribution in [2.75, 3.05) is 0 Å². The molecule has 3 aromatic rings. The van der Waals surface area contributed by atoms with Crippen molar-refractivity contribution in [1.29, 1.82) is 0 Å². The van der Waals surface area contributed by atoms with E-state index in [-0.39, 0.29) is 17.4 Å². The Hall–Kier alpha value is -1.76. The molecule has 17 heavy (non-hydrogen) atoms. The van der Waals surface area contributed by atoms with Crippen LogP contribution < -0.4 is 0 Å². The Labute approximate surface area is 110 Å². The lowest BCUT2D eigenvalue weighted by molar-refractivity contribution is 0.475. The molecular weight excluding hydrogens is 229 g/mol. The van der Waals surface area contributed by atoms with Gasteiger partial charge in [0.05, 0.1) is 0 Å². The summed E-state index contributed by atoms with van der Waals surface area (Å²) in [6, 6.07) is 16.4. The van der Waals surface area contributed by atoms with E-state index in [1.165, 1.54) is 6.39 Å². The second-order valence-corrected chi connectivity index (χ2v) is 3.16. The third-order valence-corrected chi connectivity index (χ3v) is 1.99. The van der Waals surface area contributed by atoms with E-state index in [0.717, 1.165) is 11.1 Å². The zero-order valence-corrected chi connectivity index (χ0v) is 8.58. The largest absolute Gasteiger partial charge is 0.508 e. The normalized spacial score (nSPS) is 8.94. The summed E-state index contributed by atoms with van der Waals surface area (Å²) in [7, 11) is 0. The molecule has 0 atom stereocenters. The van der Waals surface area contributed by atoms with E-state index in [2.05, 4.69) is 4.98 Å². The first-order chi connectivity index (χ1) is 7.86. The van der Waals surface area contributed by atoms with Crippen LogP contribution in [0.4, 0.5) is 0 Å². The van der Waals surface area contributed by atoms with Crippen LogP contribution in [-0.2, 0) is 0 Å². The molecule has 3 nitrogen and oxygen atoms in total. The molecule has 0 saturated carbocycles. The lowest BCUT2D eigenvalue weighted by atomic mass is 10.3. The van der Waals surface area contributed by atoms with Gasteiger partial charge in [-0.05, 0) is 24.3 Å². The first-order valence-corrected chi connectivity index (χ1v) is 4.88. The molecule has 0 amide bonds. The van der Waals surface area contributed by atoms with Gasteiger partial charge in [0.25, 0.3) is 0 Å². The first kappa shape index (κ1) is 13.3. The fourth-order valence-corrected chi connectivity index (χ4v) is 1.23. The monoisotopic (exact) mass is 243 g/mol. The van der Waals surface area contributed by atoms with Crippen LogP contribution in [0.15, 0.2) is 65.4 Å². The molecule has 1 heterocycles. The smallest absolute Gasteiger partial charge is 0.187 e. The average molecular weight is 243 g/mol. The average Bonchev–Trinajstić information content (AvgIpc) is 2.79. The molecule has 0 aliphatic carbocycles. The van der Waals surface area contributed by atoms with Crippen molar-refractivity contribution in [3.8, 4) is 5.75 Å². The number of phenols is 1. The Morgan fingerprint density at radius 2 is 1.53 bits per heavy atom. The summed E-state index contributed by atoms with van der Waals surface area (Å²) in [5.41, 5.74) is 1.76. The van der Waals surface area contributed by atoms with E-state index in [9.17, 15) is 0 Å². The molecule has 0 aliphatic heterocycles. The number of aromatic hydroxyl groups is 1. The number of para-hydroxylation sites is 3. The zero-order valence-electron chi connectivity index (χ0n) is 8.58. The number of benzene rings is 2. The maximum atomic E-state index is 8.63. The minimum absolute atomic E-state index is 0. The standard InChI is InChI=1S/C7H5NO.C6H6O.Al.3H/c1-2-4-7-6(3-1)8-5-9-7;7-6-4-2-1-3-5-6;;;;/h1-5H;1-5,7H;;;;. The zero-order chi connectivity index (χ0) is 11.2. The predicted molar refractivity (Wildman–Crippen MR) is 72.1 cm³/mol. The molecule has 0 unspecified atom stereocenters. The summed E-state index contributed by atoms with van der Waals surface area (Å²) in [6.45, 7) is 0. The lowest BCUT2D eigenvalue weighted by Gasteiger charge is -1.82. The Morgan fingerprint density at radius 3 is 2.12 bits per heavy atom. The molecule has 0 saturated heterocycles. The maximum absolute atomic E-state index is 8.63. The predicted octanol–water partition coefficient (Wildman–Crippen LogP) is 2.04. The van der Waals surface area contributed by atoms with E-state index >= 15 is 0 Å². The molecule has 86 valence electrons. The summed E-state index contributed by atoms with van der Waals surface area (Å²) >= 11 is 0. The van der Waals surface area contributed by atoms with Gasteiger partial charge in [0.1, 0.15) is 11.3 Å². The molecule has 0 fully saturated rings. The van der Waals surface area contributed by atoms with E-state index in [4.69, 9.17) is 9.52 Å². The van der Waals surface area contributed by atoms with E-state index in [1.807, 2.05) is 30.3 Å². The second-order valence-electron chi connectivity index (χ2n) is 3.16. The van der Waals surface area contributed by atoms with E-state index in [1.54, 1.807) is 24.3 Å². The van der Waals surface area contributed by atoms with Gasteiger partial charge >= 0.3 is 0 Å². The van der Waals surface area contributed by atoms with Crippen LogP contribution in [-0.4, -0.2) is 27.5 Å². The highest BCUT2D eigenvalue weighted by Crippen LogP contribution is 2.09. The van der Waals surface area contributed by atoms with Crippen molar-refractivity contribution in [3.63, 3.8) is 0 Å². The topological polar surface area (TPSA) is 46.3 Å². The lowest BCUT2D eigenvalue weighted by Crippen LogP contribution is -1.61. The van der Waals surface area contributed by atoms with Crippen molar-refractivity contribution in [3.05, 3.63) is 61.0 Å². The summed E-state index contributed by atoms with van der Waals surface area (Å²) in [5, 5.41) is 8.63. The van der Waals surface area contributed by atoms with Gasteiger partial charge in [-0.1, -0.05) is 30.3 Å². The van der Waals surface area contributed by atoms with Crippen LogP contribution in [0, 0.1) is 0 Å². The molecule has 0 bridgehead atoms. The Morgan fingerprint density at radius 1 is 0.882 bits per heavy atom. The van der Waals surface area contributed by atoms with Gasteiger partial charge in [0, 0.05) is 0 Å². The quantitative estimate of drug-likeness (QED) is 0.614. The fraction of sp³-hybridized carbons (Fsp3) is 0. The third-order valence-electron chi connectivity index (χ3n) is 1.99. The fourth-order valence-electron chi connectivity index (χ4n) is 1.23. The number of nitrogens with zero attached hydrogens (tertiary/aromatic N) is 1. The van der Waals surface area contributed by atoms with Gasteiger partial charge in [-0.3, -0.25) is 0 Å². The highest BCUT2D eigenvalue weighted by atomic mass is 27.0. The van der Waals surface area contributed by atoms with Gasteiger partial charge in [-0.25, -0.2) is 4.98 Å². The highest BCUT2D eigenvalue weighted by molar-refractivity contribution is 5.75. The number of aromatic nitrogens is 1. The summed E-state index contributed by atoms with van der Waals surface area (Å²) in [4.78, 5) is 3.95. The number of hydrogen-bond acceptors (Lipinski definition) is 3. The Balaban J connectivity index is 0.000000166. The van der Waals surface area contributed by atoms with Crippen LogP contribution in [0.1, 0.15) is 0 Å². The molecule has 3 rings (SSSR count). The number of phenolic OH excluding ortho intramolecular Hbond substituents is 1. The van der Waals surface area contributed by atoms with Crippen molar-refractivity contribution >= 4 is 28.5 Å². The molecule has 1 N–H and O–H groups in total. The minimum atomic E-state index is 0. The molecular formula is C13H14AlNO2. The summed E-state index contributed by atoms with van der Waals surface area (Å²) in [5.74, 6) is 0.322. The van der Waals surface area contributed by atoms with Gasteiger partial charge < -0.3 is 9.52 Å². The highest BCUT2D eigenvalue weighted by Gasteiger charge is 1.91. The van der Waals surface area contributed by atoms with Crippen LogP contribution in [0.5, 0.6) is 5.75 Å². The molecule has 1 aromatic heterocycles. The number of fused-ring (bicyclic) bond motifs is 1. The molecule has 0 radical (unpaired) electrons. The van der Waals surface area contributed by atoms with Crippen molar-refractivity contribution < 1.29 is 9.52 Å². The molecule has 0 aliphatic rings. The number of rotatable bonds is 0. The number of hydrogen-bond donors (Lipinski definition) is 1. The maximum Gasteiger partial charge on any atom is 0.187 e. The van der Waals surface area contributed by atoms with E-state index in [0.29, 0.717) is 5.75 Å². The van der Waals surface area contributed by atoms with Crippen molar-refractivity contribution in [2.45, 2.75) is 0 Å². The van der Waals surface area contributed by atoms with Crippen LogP contribution in [0.2, 0.25) is 0 Å². The molecule has 0 spiro atoms. The molecule has 4 heteroatoms. The van der Waals surface area contributed by atoms with Gasteiger partial charge in [0.2, 0.25) is 0 Å². The molecule has 2 aromatic carbocycles. The second kappa shape index (κ2) is 6.75. The Bertz CT molecular complexity index is 521. The Kier molecular flexibility index (Phi) is 5.28.